The van der Waals surface area contributed by atoms with Crippen molar-refractivity contribution in [2.75, 3.05) is 26.7 Å². The van der Waals surface area contributed by atoms with Gasteiger partial charge in [0.05, 0.1) is 5.56 Å². The average molecular weight is 256 g/mol. The van der Waals surface area contributed by atoms with E-state index in [1.54, 1.807) is 12.1 Å². The third-order valence-electron chi connectivity index (χ3n) is 4.24. The Kier molecular flexibility index (Phi) is 2.96. The zero-order valence-electron chi connectivity index (χ0n) is 10.9. The van der Waals surface area contributed by atoms with Gasteiger partial charge >= 0.3 is 0 Å². The van der Waals surface area contributed by atoms with Gasteiger partial charge in [0.1, 0.15) is 11.8 Å². The summed E-state index contributed by atoms with van der Waals surface area (Å²) in [5.41, 5.74) is 0.913. The van der Waals surface area contributed by atoms with Crippen molar-refractivity contribution < 1.29 is 4.79 Å². The molecule has 0 saturated carbocycles. The molecule has 98 valence electrons. The summed E-state index contributed by atoms with van der Waals surface area (Å²) in [6, 6.07) is 5.75. The summed E-state index contributed by atoms with van der Waals surface area (Å²) in [5, 5.41) is 8.70. The van der Waals surface area contributed by atoms with Crippen LogP contribution >= 0.6 is 0 Å². The molecule has 0 aliphatic carbocycles. The second-order valence-electron chi connectivity index (χ2n) is 5.35. The molecule has 2 aliphatic heterocycles. The van der Waals surface area contributed by atoms with E-state index >= 15 is 0 Å². The number of likely N-dealkylation sites (N-methyl/N-ethyl adjacent to an activating group) is 1. The number of hydrogen-bond acceptors (Lipinski definition) is 4. The quantitative estimate of drug-likeness (QED) is 0.743. The van der Waals surface area contributed by atoms with E-state index in [0.29, 0.717) is 23.2 Å². The summed E-state index contributed by atoms with van der Waals surface area (Å²) in [6.45, 7) is 2.78. The van der Waals surface area contributed by atoms with Gasteiger partial charge in [-0.1, -0.05) is 0 Å². The number of pyridine rings is 1. The van der Waals surface area contributed by atoms with E-state index in [4.69, 9.17) is 5.26 Å². The van der Waals surface area contributed by atoms with Gasteiger partial charge in [-0.3, -0.25) is 4.79 Å². The molecule has 0 unspecified atom stereocenters. The molecule has 2 aliphatic rings. The van der Waals surface area contributed by atoms with Crippen LogP contribution in [0.5, 0.6) is 0 Å². The monoisotopic (exact) mass is 256 g/mol. The molecule has 3 rings (SSSR count). The summed E-state index contributed by atoms with van der Waals surface area (Å²) in [5.74, 6) is 0.639. The fourth-order valence-electron chi connectivity index (χ4n) is 3.11. The first-order valence-electron chi connectivity index (χ1n) is 6.54. The van der Waals surface area contributed by atoms with Gasteiger partial charge in [0, 0.05) is 25.3 Å². The normalized spacial score (nSPS) is 26.2. The van der Waals surface area contributed by atoms with E-state index in [2.05, 4.69) is 16.9 Å². The maximum atomic E-state index is 12.4. The number of hydrogen-bond donors (Lipinski definition) is 0. The van der Waals surface area contributed by atoms with E-state index in [-0.39, 0.29) is 5.91 Å². The lowest BCUT2D eigenvalue weighted by molar-refractivity contribution is 0.0774. The highest BCUT2D eigenvalue weighted by Crippen LogP contribution is 2.30. The minimum atomic E-state index is 0.0276. The topological polar surface area (TPSA) is 60.2 Å². The van der Waals surface area contributed by atoms with E-state index in [1.807, 2.05) is 11.0 Å². The fraction of sp³-hybridized carbons (Fsp3) is 0.500. The van der Waals surface area contributed by atoms with Crippen LogP contribution in [0, 0.1) is 17.2 Å². The van der Waals surface area contributed by atoms with Crippen LogP contribution in [-0.4, -0.2) is 53.4 Å². The minimum Gasteiger partial charge on any atom is -0.337 e. The van der Waals surface area contributed by atoms with Gasteiger partial charge in [0.25, 0.3) is 5.91 Å². The van der Waals surface area contributed by atoms with Gasteiger partial charge in [-0.25, -0.2) is 4.98 Å². The minimum absolute atomic E-state index is 0.0276. The van der Waals surface area contributed by atoms with Gasteiger partial charge in [-0.05, 0) is 38.1 Å². The molecule has 2 saturated heterocycles. The van der Waals surface area contributed by atoms with Crippen molar-refractivity contribution in [3.8, 4) is 6.07 Å². The lowest BCUT2D eigenvalue weighted by Gasteiger charge is -2.20. The molecule has 1 amide bonds. The Labute approximate surface area is 112 Å². The molecule has 0 bridgehead atoms. The Morgan fingerprint density at radius 2 is 2.32 bits per heavy atom. The Morgan fingerprint density at radius 3 is 2.95 bits per heavy atom. The molecule has 0 radical (unpaired) electrons. The molecule has 5 heteroatoms. The van der Waals surface area contributed by atoms with E-state index in [9.17, 15) is 4.79 Å². The molecular formula is C14H16N4O. The molecule has 2 atom stereocenters. The van der Waals surface area contributed by atoms with Crippen molar-refractivity contribution in [1.82, 2.24) is 14.8 Å². The van der Waals surface area contributed by atoms with E-state index in [1.165, 1.54) is 12.6 Å². The maximum absolute atomic E-state index is 12.4. The molecule has 5 nitrogen and oxygen atoms in total. The third-order valence-corrected chi connectivity index (χ3v) is 4.24. The second kappa shape index (κ2) is 4.63. The first-order valence-corrected chi connectivity index (χ1v) is 6.54. The maximum Gasteiger partial charge on any atom is 0.255 e. The number of fused-ring (bicyclic) bond motifs is 1. The predicted octanol–water partition coefficient (Wildman–Crippen LogP) is 0.729. The largest absolute Gasteiger partial charge is 0.337 e. The first kappa shape index (κ1) is 12.1. The van der Waals surface area contributed by atoms with Gasteiger partial charge in [0.2, 0.25) is 0 Å². The number of nitriles is 1. The lowest BCUT2D eigenvalue weighted by Crippen LogP contribution is -2.35. The SMILES string of the molecule is CN1CC[C@@H]2CN(C(=O)c3ccc(C#N)nc3)C[C@@H]21. The van der Waals surface area contributed by atoms with Gasteiger partial charge in [0.15, 0.2) is 0 Å². The van der Waals surface area contributed by atoms with E-state index < -0.39 is 0 Å². The Morgan fingerprint density at radius 1 is 1.47 bits per heavy atom. The van der Waals surface area contributed by atoms with Crippen LogP contribution in [0.3, 0.4) is 0 Å². The van der Waals surface area contributed by atoms with Crippen LogP contribution in [0.25, 0.3) is 0 Å². The molecule has 0 spiro atoms. The zero-order chi connectivity index (χ0) is 13.4. The molecular weight excluding hydrogens is 240 g/mol. The molecule has 3 heterocycles. The van der Waals surface area contributed by atoms with Crippen LogP contribution in [0.4, 0.5) is 0 Å². The van der Waals surface area contributed by atoms with Crippen molar-refractivity contribution in [1.29, 1.82) is 5.26 Å². The van der Waals surface area contributed by atoms with Gasteiger partial charge < -0.3 is 9.80 Å². The first-order chi connectivity index (χ1) is 9.19. The molecule has 0 aromatic carbocycles. The Hall–Kier alpha value is -1.93. The third kappa shape index (κ3) is 2.08. The van der Waals surface area contributed by atoms with Crippen LogP contribution in [0.15, 0.2) is 18.3 Å². The summed E-state index contributed by atoms with van der Waals surface area (Å²) in [4.78, 5) is 20.6. The average Bonchev–Trinajstić information content (AvgIpc) is 3.01. The number of carbonyl (C=O) groups excluding carboxylic acids is 1. The zero-order valence-corrected chi connectivity index (χ0v) is 10.9. The molecule has 1 aromatic heterocycles. The molecule has 19 heavy (non-hydrogen) atoms. The van der Waals surface area contributed by atoms with Crippen molar-refractivity contribution in [2.24, 2.45) is 5.92 Å². The van der Waals surface area contributed by atoms with Crippen LogP contribution in [0.1, 0.15) is 22.5 Å². The van der Waals surface area contributed by atoms with Crippen molar-refractivity contribution in [3.05, 3.63) is 29.6 Å². The predicted molar refractivity (Wildman–Crippen MR) is 69.4 cm³/mol. The Bertz CT molecular complexity index is 533. The van der Waals surface area contributed by atoms with Crippen molar-refractivity contribution >= 4 is 5.91 Å². The number of amides is 1. The number of likely N-dealkylation sites (tertiary alicyclic amines) is 2. The highest BCUT2D eigenvalue weighted by molar-refractivity contribution is 5.94. The summed E-state index contributed by atoms with van der Waals surface area (Å²) >= 11 is 0. The summed E-state index contributed by atoms with van der Waals surface area (Å²) < 4.78 is 0. The second-order valence-corrected chi connectivity index (χ2v) is 5.35. The lowest BCUT2D eigenvalue weighted by atomic mass is 10.1. The number of carbonyl (C=O) groups is 1. The van der Waals surface area contributed by atoms with Crippen LogP contribution in [-0.2, 0) is 0 Å². The van der Waals surface area contributed by atoms with Gasteiger partial charge in [-0.2, -0.15) is 5.26 Å². The van der Waals surface area contributed by atoms with Crippen LogP contribution in [0.2, 0.25) is 0 Å². The van der Waals surface area contributed by atoms with Gasteiger partial charge in [-0.15, -0.1) is 0 Å². The molecule has 1 aromatic rings. The molecule has 2 fully saturated rings. The number of aromatic nitrogens is 1. The number of nitrogens with zero attached hydrogens (tertiary/aromatic N) is 4. The highest BCUT2D eigenvalue weighted by atomic mass is 16.2. The number of rotatable bonds is 1. The highest BCUT2D eigenvalue weighted by Gasteiger charge is 2.41. The van der Waals surface area contributed by atoms with Crippen molar-refractivity contribution in [2.45, 2.75) is 12.5 Å². The standard InChI is InChI=1S/C14H16N4O/c1-17-5-4-11-8-18(9-13(11)17)14(19)10-2-3-12(6-15)16-7-10/h2-3,7,11,13H,4-5,8-9H2,1H3/t11-,13+/m1/s1. The summed E-state index contributed by atoms with van der Waals surface area (Å²) in [6.07, 6.45) is 2.68. The van der Waals surface area contributed by atoms with Crippen LogP contribution < -0.4 is 0 Å². The molecule has 0 N–H and O–H groups in total. The van der Waals surface area contributed by atoms with E-state index in [0.717, 1.165) is 19.6 Å². The smallest absolute Gasteiger partial charge is 0.255 e. The van der Waals surface area contributed by atoms with Crippen molar-refractivity contribution in [3.63, 3.8) is 0 Å². The summed E-state index contributed by atoms with van der Waals surface area (Å²) in [7, 11) is 2.13. The Balaban J connectivity index is 1.73. The fourth-order valence-corrected chi connectivity index (χ4v) is 3.11.